The quantitative estimate of drug-likeness (QED) is 0.819. The molecule has 6 heteroatoms. The van der Waals surface area contributed by atoms with Crippen LogP contribution in [-0.2, 0) is 4.79 Å². The predicted octanol–water partition coefficient (Wildman–Crippen LogP) is 1.78. The number of nitrogens with one attached hydrogen (secondary N) is 1. The zero-order chi connectivity index (χ0) is 13.2. The highest BCUT2D eigenvalue weighted by Gasteiger charge is 2.13. The van der Waals surface area contributed by atoms with Gasteiger partial charge in [0.25, 0.3) is 0 Å². The Kier molecular flexibility index (Phi) is 3.08. The number of rotatable bonds is 2. The number of hydrogen-bond donors (Lipinski definition) is 2. The molecule has 3 rings (SSSR count). The van der Waals surface area contributed by atoms with E-state index in [-0.39, 0.29) is 5.91 Å². The van der Waals surface area contributed by atoms with Crippen LogP contribution in [0.15, 0.2) is 46.9 Å². The first-order chi connectivity index (χ1) is 9.24. The summed E-state index contributed by atoms with van der Waals surface area (Å²) < 4.78 is 1.89. The lowest BCUT2D eigenvalue weighted by Gasteiger charge is -2.12. The van der Waals surface area contributed by atoms with Gasteiger partial charge < -0.3 is 0 Å². The minimum Gasteiger partial charge on any atom is -0.295 e. The fourth-order valence-corrected chi connectivity index (χ4v) is 2.24. The molecule has 0 spiro atoms. The van der Waals surface area contributed by atoms with Crippen molar-refractivity contribution in [2.45, 2.75) is 18.0 Å². The lowest BCUT2D eigenvalue weighted by Crippen LogP contribution is -2.25. The van der Waals surface area contributed by atoms with E-state index in [1.54, 1.807) is 6.20 Å². The van der Waals surface area contributed by atoms with Gasteiger partial charge in [-0.3, -0.25) is 9.36 Å². The molecule has 0 aliphatic carbocycles. The zero-order valence-electron chi connectivity index (χ0n) is 10.1. The van der Waals surface area contributed by atoms with Gasteiger partial charge in [0.1, 0.15) is 0 Å². The summed E-state index contributed by atoms with van der Waals surface area (Å²) in [7, 11) is 0. The number of thiol groups is 1. The van der Waals surface area contributed by atoms with Gasteiger partial charge in [0.15, 0.2) is 5.16 Å². The van der Waals surface area contributed by atoms with Crippen molar-refractivity contribution in [1.29, 1.82) is 0 Å². The van der Waals surface area contributed by atoms with E-state index in [4.69, 9.17) is 0 Å². The van der Waals surface area contributed by atoms with Crippen molar-refractivity contribution < 1.29 is 4.79 Å². The highest BCUT2D eigenvalue weighted by Crippen LogP contribution is 2.16. The molecular weight excluding hydrogens is 260 g/mol. The van der Waals surface area contributed by atoms with Crippen LogP contribution in [0.25, 0.3) is 5.69 Å². The smallest absolute Gasteiger partial charge is 0.240 e. The zero-order valence-corrected chi connectivity index (χ0v) is 11.0. The van der Waals surface area contributed by atoms with Gasteiger partial charge in [0.2, 0.25) is 5.91 Å². The molecular formula is C13H12N4OS. The lowest BCUT2D eigenvalue weighted by molar-refractivity contribution is -0.121. The molecule has 0 atom stereocenters. The van der Waals surface area contributed by atoms with E-state index in [1.807, 2.05) is 35.0 Å². The molecule has 1 aromatic heterocycles. The Morgan fingerprint density at radius 3 is 2.58 bits per heavy atom. The average molecular weight is 272 g/mol. The van der Waals surface area contributed by atoms with Crippen LogP contribution in [0.4, 0.5) is 0 Å². The van der Waals surface area contributed by atoms with Gasteiger partial charge >= 0.3 is 0 Å². The Labute approximate surface area is 115 Å². The summed E-state index contributed by atoms with van der Waals surface area (Å²) in [6.45, 7) is 0. The van der Waals surface area contributed by atoms with Gasteiger partial charge in [-0.05, 0) is 17.7 Å². The molecule has 5 nitrogen and oxygen atoms in total. The second kappa shape index (κ2) is 4.89. The molecule has 0 fully saturated rings. The van der Waals surface area contributed by atoms with Crippen molar-refractivity contribution in [1.82, 2.24) is 15.0 Å². The lowest BCUT2D eigenvalue weighted by atomic mass is 10.0. The number of carbonyl (C=O) groups is 1. The topological polar surface area (TPSA) is 59.3 Å². The number of nitrogens with zero attached hydrogens (tertiary/aromatic N) is 3. The number of benzene rings is 1. The fraction of sp³-hybridized carbons (Fsp3) is 0.154. The number of amides is 1. The van der Waals surface area contributed by atoms with Gasteiger partial charge in [-0.2, -0.15) is 5.10 Å². The first-order valence-electron chi connectivity index (χ1n) is 5.92. The van der Waals surface area contributed by atoms with E-state index < -0.39 is 0 Å². The maximum absolute atomic E-state index is 11.0. The van der Waals surface area contributed by atoms with E-state index in [2.05, 4.69) is 28.1 Å². The number of aromatic nitrogens is 2. The first-order valence-corrected chi connectivity index (χ1v) is 6.37. The Morgan fingerprint density at radius 1 is 1.21 bits per heavy atom. The predicted molar refractivity (Wildman–Crippen MR) is 74.7 cm³/mol. The van der Waals surface area contributed by atoms with Crippen LogP contribution in [0, 0.1) is 0 Å². The third-order valence-corrected chi connectivity index (χ3v) is 3.34. The van der Waals surface area contributed by atoms with Gasteiger partial charge in [0, 0.05) is 30.9 Å². The molecule has 1 amide bonds. The molecule has 1 aliphatic rings. The minimum absolute atomic E-state index is 0.0292. The molecule has 2 aromatic rings. The molecule has 1 aromatic carbocycles. The van der Waals surface area contributed by atoms with E-state index >= 15 is 0 Å². The molecule has 0 unspecified atom stereocenters. The summed E-state index contributed by atoms with van der Waals surface area (Å²) in [5.74, 6) is -0.0292. The molecule has 0 bridgehead atoms. The van der Waals surface area contributed by atoms with Gasteiger partial charge in [-0.15, -0.1) is 12.6 Å². The largest absolute Gasteiger partial charge is 0.295 e. The van der Waals surface area contributed by atoms with Crippen LogP contribution in [0.3, 0.4) is 0 Å². The molecule has 0 radical (unpaired) electrons. The summed E-state index contributed by atoms with van der Waals surface area (Å²) >= 11 is 4.28. The van der Waals surface area contributed by atoms with Crippen molar-refractivity contribution in [2.24, 2.45) is 5.10 Å². The average Bonchev–Trinajstić information content (AvgIpc) is 2.86. The Balaban J connectivity index is 1.87. The number of imidazole rings is 1. The van der Waals surface area contributed by atoms with Crippen LogP contribution >= 0.6 is 12.6 Å². The Morgan fingerprint density at radius 2 is 2.00 bits per heavy atom. The summed E-state index contributed by atoms with van der Waals surface area (Å²) in [6.07, 6.45) is 4.73. The van der Waals surface area contributed by atoms with Crippen LogP contribution in [0.5, 0.6) is 0 Å². The molecule has 0 saturated heterocycles. The highest BCUT2D eigenvalue weighted by molar-refractivity contribution is 7.80. The standard InChI is InChI=1S/C13H12N4OS/c18-12-6-5-11(15-16-12)9-1-3-10(4-2-9)17-8-7-14-13(17)19/h1-4,7-8H,5-6H2,(H,14,19)(H,16,18). The second-order valence-electron chi connectivity index (χ2n) is 4.24. The maximum atomic E-state index is 11.0. The highest BCUT2D eigenvalue weighted by atomic mass is 32.1. The molecule has 96 valence electrons. The monoisotopic (exact) mass is 272 g/mol. The van der Waals surface area contributed by atoms with Crippen molar-refractivity contribution in [3.63, 3.8) is 0 Å². The van der Waals surface area contributed by atoms with Crippen LogP contribution in [-0.4, -0.2) is 21.2 Å². The van der Waals surface area contributed by atoms with Crippen molar-refractivity contribution in [3.05, 3.63) is 42.2 Å². The minimum atomic E-state index is -0.0292. The normalized spacial score (nSPS) is 15.0. The molecule has 1 N–H and O–H groups in total. The van der Waals surface area contributed by atoms with Gasteiger partial charge in [-0.1, -0.05) is 12.1 Å². The summed E-state index contributed by atoms with van der Waals surface area (Å²) in [5, 5.41) is 4.72. The molecule has 2 heterocycles. The van der Waals surface area contributed by atoms with E-state index in [1.165, 1.54) is 0 Å². The van der Waals surface area contributed by atoms with Crippen LogP contribution in [0.2, 0.25) is 0 Å². The summed E-state index contributed by atoms with van der Waals surface area (Å²) in [4.78, 5) is 15.1. The van der Waals surface area contributed by atoms with E-state index in [0.29, 0.717) is 18.0 Å². The third kappa shape index (κ3) is 2.39. The van der Waals surface area contributed by atoms with Crippen LogP contribution in [0.1, 0.15) is 18.4 Å². The third-order valence-electron chi connectivity index (χ3n) is 3.00. The van der Waals surface area contributed by atoms with Crippen LogP contribution < -0.4 is 5.43 Å². The molecule has 0 saturated carbocycles. The second-order valence-corrected chi connectivity index (χ2v) is 4.64. The van der Waals surface area contributed by atoms with Crippen molar-refractivity contribution in [2.75, 3.05) is 0 Å². The van der Waals surface area contributed by atoms with Gasteiger partial charge in [-0.25, -0.2) is 10.4 Å². The Bertz CT molecular complexity index is 645. The Hall–Kier alpha value is -2.08. The fourth-order valence-electron chi connectivity index (χ4n) is 1.99. The maximum Gasteiger partial charge on any atom is 0.240 e. The van der Waals surface area contributed by atoms with E-state index in [0.717, 1.165) is 17.0 Å². The SMILES string of the molecule is O=C1CCC(c2ccc(-n3ccnc3S)cc2)=NN1. The number of carbonyl (C=O) groups excluding carboxylic acids is 1. The summed E-state index contributed by atoms with van der Waals surface area (Å²) in [5.41, 5.74) is 5.42. The number of hydrazone groups is 1. The van der Waals surface area contributed by atoms with Crippen molar-refractivity contribution in [3.8, 4) is 5.69 Å². The first kappa shape index (κ1) is 12.0. The van der Waals surface area contributed by atoms with E-state index in [9.17, 15) is 4.79 Å². The molecule has 1 aliphatic heterocycles. The molecule has 19 heavy (non-hydrogen) atoms. The van der Waals surface area contributed by atoms with Crippen molar-refractivity contribution >= 4 is 24.2 Å². The van der Waals surface area contributed by atoms with Gasteiger partial charge in [0.05, 0.1) is 5.71 Å². The summed E-state index contributed by atoms with van der Waals surface area (Å²) in [6, 6.07) is 7.93. The number of hydrogen-bond acceptors (Lipinski definition) is 4.